The van der Waals surface area contributed by atoms with Crippen molar-refractivity contribution in [2.75, 3.05) is 0 Å². The van der Waals surface area contributed by atoms with Gasteiger partial charge < -0.3 is 15.2 Å². The number of esters is 1. The van der Waals surface area contributed by atoms with Crippen LogP contribution in [0.4, 0.5) is 0 Å². The maximum atomic E-state index is 12.5. The standard InChI is InChI=1S/C28H34N4O3/c1-7-28(6,29)22-15-31-24(34-27(5)10-11-27)21-14-30-18(13-20(21)22)12-17-8-9-19-23(32-17)16(2)26(3,4)35-25(19)33/h8-9,13-16H,7,10-12,29H2,1-6H3/t16-,28-/m1/s1. The van der Waals surface area contributed by atoms with E-state index in [0.717, 1.165) is 52.7 Å². The van der Waals surface area contributed by atoms with Crippen LogP contribution in [0.3, 0.4) is 0 Å². The minimum absolute atomic E-state index is 0.0108. The molecule has 3 aromatic rings. The highest BCUT2D eigenvalue weighted by atomic mass is 16.6. The lowest BCUT2D eigenvalue weighted by Gasteiger charge is -2.36. The lowest BCUT2D eigenvalue weighted by Crippen LogP contribution is -2.39. The van der Waals surface area contributed by atoms with E-state index < -0.39 is 11.1 Å². The van der Waals surface area contributed by atoms with Crippen molar-refractivity contribution >= 4 is 16.7 Å². The van der Waals surface area contributed by atoms with E-state index in [4.69, 9.17) is 25.2 Å². The van der Waals surface area contributed by atoms with Crippen molar-refractivity contribution in [1.82, 2.24) is 15.0 Å². The van der Waals surface area contributed by atoms with Crippen molar-refractivity contribution in [3.05, 3.63) is 58.8 Å². The molecule has 7 nitrogen and oxygen atoms in total. The first-order valence-corrected chi connectivity index (χ1v) is 12.4. The quantitative estimate of drug-likeness (QED) is 0.491. The molecule has 2 N–H and O–H groups in total. The molecule has 1 saturated carbocycles. The first-order valence-electron chi connectivity index (χ1n) is 12.4. The van der Waals surface area contributed by atoms with Gasteiger partial charge in [-0.1, -0.05) is 13.8 Å². The number of rotatable bonds is 6. The summed E-state index contributed by atoms with van der Waals surface area (Å²) in [4.78, 5) is 26.7. The molecule has 2 atom stereocenters. The van der Waals surface area contributed by atoms with Crippen LogP contribution in [0.15, 0.2) is 30.6 Å². The maximum absolute atomic E-state index is 12.5. The first-order chi connectivity index (χ1) is 16.4. The Kier molecular flexibility index (Phi) is 5.40. The van der Waals surface area contributed by atoms with Crippen molar-refractivity contribution in [3.8, 4) is 5.88 Å². The molecule has 0 amide bonds. The van der Waals surface area contributed by atoms with Gasteiger partial charge in [-0.3, -0.25) is 9.97 Å². The predicted molar refractivity (Wildman–Crippen MR) is 135 cm³/mol. The van der Waals surface area contributed by atoms with Crippen LogP contribution in [0.25, 0.3) is 10.8 Å². The monoisotopic (exact) mass is 474 g/mol. The molecule has 0 saturated heterocycles. The van der Waals surface area contributed by atoms with Gasteiger partial charge in [0.15, 0.2) is 0 Å². The molecule has 0 aromatic carbocycles. The number of hydrogen-bond donors (Lipinski definition) is 1. The van der Waals surface area contributed by atoms with E-state index in [2.05, 4.69) is 24.9 Å². The number of hydrogen-bond acceptors (Lipinski definition) is 7. The highest BCUT2D eigenvalue weighted by molar-refractivity contribution is 5.92. The van der Waals surface area contributed by atoms with E-state index in [-0.39, 0.29) is 17.5 Å². The Bertz CT molecular complexity index is 1330. The smallest absolute Gasteiger partial charge is 0.340 e. The second-order valence-electron chi connectivity index (χ2n) is 11.1. The Labute approximate surface area is 206 Å². The Balaban J connectivity index is 1.55. The number of carbonyl (C=O) groups is 1. The van der Waals surface area contributed by atoms with E-state index in [1.54, 1.807) is 0 Å². The molecular weight excluding hydrogens is 440 g/mol. The van der Waals surface area contributed by atoms with E-state index in [1.165, 1.54) is 0 Å². The maximum Gasteiger partial charge on any atom is 0.340 e. The molecule has 7 heteroatoms. The minimum atomic E-state index is -0.598. The number of fused-ring (bicyclic) bond motifs is 2. The zero-order chi connectivity index (χ0) is 25.2. The Morgan fingerprint density at radius 3 is 2.57 bits per heavy atom. The van der Waals surface area contributed by atoms with Crippen LogP contribution < -0.4 is 10.5 Å². The molecule has 4 heterocycles. The van der Waals surface area contributed by atoms with Gasteiger partial charge in [0, 0.05) is 41.7 Å². The van der Waals surface area contributed by atoms with E-state index in [1.807, 2.05) is 52.2 Å². The summed E-state index contributed by atoms with van der Waals surface area (Å²) in [5, 5.41) is 1.88. The third-order valence-electron chi connectivity index (χ3n) is 7.81. The molecule has 35 heavy (non-hydrogen) atoms. The molecule has 0 bridgehead atoms. The van der Waals surface area contributed by atoms with Crippen LogP contribution in [0.5, 0.6) is 5.88 Å². The Hall–Kier alpha value is -3.06. The van der Waals surface area contributed by atoms with Crippen molar-refractivity contribution in [2.45, 2.75) is 89.9 Å². The zero-order valence-electron chi connectivity index (χ0n) is 21.4. The molecule has 5 rings (SSSR count). The Morgan fingerprint density at radius 2 is 1.89 bits per heavy atom. The van der Waals surface area contributed by atoms with Crippen molar-refractivity contribution in [1.29, 1.82) is 0 Å². The highest BCUT2D eigenvalue weighted by Crippen LogP contribution is 2.42. The lowest BCUT2D eigenvalue weighted by atomic mass is 9.84. The van der Waals surface area contributed by atoms with Crippen LogP contribution in [0.2, 0.25) is 0 Å². The normalized spacial score (nSPS) is 21.7. The van der Waals surface area contributed by atoms with Crippen LogP contribution in [-0.2, 0) is 16.7 Å². The summed E-state index contributed by atoms with van der Waals surface area (Å²) in [6, 6.07) is 5.78. The van der Waals surface area contributed by atoms with Gasteiger partial charge in [0.05, 0.1) is 16.6 Å². The van der Waals surface area contributed by atoms with E-state index in [0.29, 0.717) is 17.9 Å². The largest absolute Gasteiger partial charge is 0.471 e. The number of cyclic esters (lactones) is 1. The number of pyridine rings is 3. The fourth-order valence-corrected chi connectivity index (χ4v) is 4.50. The Morgan fingerprint density at radius 1 is 1.14 bits per heavy atom. The van der Waals surface area contributed by atoms with Gasteiger partial charge >= 0.3 is 5.97 Å². The number of ether oxygens (including phenoxy) is 2. The summed E-state index contributed by atoms with van der Waals surface area (Å²) in [5.41, 5.74) is 9.42. The molecule has 3 aromatic heterocycles. The van der Waals surface area contributed by atoms with Gasteiger partial charge in [0.25, 0.3) is 0 Å². The lowest BCUT2D eigenvalue weighted by molar-refractivity contribution is -0.0190. The molecule has 0 radical (unpaired) electrons. The van der Waals surface area contributed by atoms with Crippen LogP contribution >= 0.6 is 0 Å². The fourth-order valence-electron chi connectivity index (χ4n) is 4.50. The number of nitrogens with zero attached hydrogens (tertiary/aromatic N) is 3. The highest BCUT2D eigenvalue weighted by Gasteiger charge is 2.41. The van der Waals surface area contributed by atoms with Gasteiger partial charge in [-0.15, -0.1) is 0 Å². The molecule has 2 aliphatic rings. The average Bonchev–Trinajstić information content (AvgIpc) is 3.53. The molecule has 1 fully saturated rings. The fraction of sp³-hybridized carbons (Fsp3) is 0.500. The van der Waals surface area contributed by atoms with Gasteiger partial charge in [0.1, 0.15) is 11.2 Å². The van der Waals surface area contributed by atoms with Gasteiger partial charge in [-0.25, -0.2) is 9.78 Å². The van der Waals surface area contributed by atoms with Crippen molar-refractivity contribution in [2.24, 2.45) is 5.73 Å². The third-order valence-corrected chi connectivity index (χ3v) is 7.81. The second-order valence-corrected chi connectivity index (χ2v) is 11.1. The summed E-state index contributed by atoms with van der Waals surface area (Å²) < 4.78 is 11.8. The van der Waals surface area contributed by atoms with E-state index in [9.17, 15) is 4.79 Å². The predicted octanol–water partition coefficient (Wildman–Crippen LogP) is 5.18. The molecule has 0 unspecified atom stereocenters. The van der Waals surface area contributed by atoms with Gasteiger partial charge in [0.2, 0.25) is 5.88 Å². The van der Waals surface area contributed by atoms with Crippen LogP contribution in [0, 0.1) is 0 Å². The van der Waals surface area contributed by atoms with E-state index >= 15 is 0 Å². The summed E-state index contributed by atoms with van der Waals surface area (Å²) in [6.07, 6.45) is 7.06. The van der Waals surface area contributed by atoms with Gasteiger partial charge in [-0.2, -0.15) is 0 Å². The summed E-state index contributed by atoms with van der Waals surface area (Å²) in [5.74, 6) is 0.279. The third kappa shape index (κ3) is 4.27. The molecule has 184 valence electrons. The van der Waals surface area contributed by atoms with Crippen molar-refractivity contribution < 1.29 is 14.3 Å². The van der Waals surface area contributed by atoms with Crippen LogP contribution in [0.1, 0.15) is 99.7 Å². The van der Waals surface area contributed by atoms with Crippen molar-refractivity contribution in [3.63, 3.8) is 0 Å². The average molecular weight is 475 g/mol. The molecule has 1 aliphatic carbocycles. The summed E-state index contributed by atoms with van der Waals surface area (Å²) in [7, 11) is 0. The molecular formula is C28H34N4O3. The number of nitrogens with two attached hydrogens (primary N) is 1. The summed E-state index contributed by atoms with van der Waals surface area (Å²) >= 11 is 0. The topological polar surface area (TPSA) is 100 Å². The number of carbonyl (C=O) groups excluding carboxylic acids is 1. The number of aromatic nitrogens is 3. The minimum Gasteiger partial charge on any atom is -0.471 e. The van der Waals surface area contributed by atoms with Crippen LogP contribution in [-0.4, -0.2) is 32.1 Å². The zero-order valence-corrected chi connectivity index (χ0v) is 21.4. The molecule has 0 spiro atoms. The SMILES string of the molecule is CC[C@@](C)(N)c1cnc(OC2(C)CC2)c2cnc(Cc3ccc4c(n3)[C@@H](C)C(C)(C)OC4=O)cc12. The first kappa shape index (κ1) is 23.7. The summed E-state index contributed by atoms with van der Waals surface area (Å²) in [6.45, 7) is 12.1. The molecule has 1 aliphatic heterocycles. The van der Waals surface area contributed by atoms with Gasteiger partial charge in [-0.05, 0) is 76.1 Å². The second kappa shape index (κ2) is 7.98.